The predicted octanol–water partition coefficient (Wildman–Crippen LogP) is 8.90. The number of rotatable bonds is 12. The van der Waals surface area contributed by atoms with Crippen molar-refractivity contribution >= 4 is 68.9 Å². The Balaban J connectivity index is 1.55. The van der Waals surface area contributed by atoms with Gasteiger partial charge in [-0.25, -0.2) is 0 Å². The first-order valence-electron chi connectivity index (χ1n) is 14.7. The van der Waals surface area contributed by atoms with E-state index in [4.69, 9.17) is 32.7 Å². The molecule has 0 aliphatic carbocycles. The molecule has 1 aliphatic rings. The summed E-state index contributed by atoms with van der Waals surface area (Å²) >= 11 is 15.0. The molecule has 12 heteroatoms. The van der Waals surface area contributed by atoms with Crippen LogP contribution in [0.1, 0.15) is 55.5 Å². The van der Waals surface area contributed by atoms with Gasteiger partial charge in [0.25, 0.3) is 5.78 Å². The molecule has 1 unspecified atom stereocenters. The molecule has 0 bridgehead atoms. The minimum atomic E-state index is -0.998. The van der Waals surface area contributed by atoms with E-state index in [1.165, 1.54) is 28.0 Å². The highest BCUT2D eigenvalue weighted by atomic mass is 35.5. The van der Waals surface area contributed by atoms with Crippen LogP contribution >= 0.6 is 46.3 Å². The molecule has 2 heterocycles. The zero-order valence-corrected chi connectivity index (χ0v) is 28.9. The molecule has 0 spiro atoms. The minimum absolute atomic E-state index is 0.0536. The molecule has 0 saturated carbocycles. The SMILES string of the molecule is CCOc1cc(C2/C(=C(\O)c3ccc(C)cc3)C(=O)C(=O)N2c2nnc(SCc3ccc(Cl)cc3Cl)s2)ccc1OCCC(C)C. The van der Waals surface area contributed by atoms with Gasteiger partial charge in [-0.1, -0.05) is 102 Å². The summed E-state index contributed by atoms with van der Waals surface area (Å²) in [6.07, 6.45) is 0.867. The second-order valence-corrected chi connectivity index (χ2v) is 14.1. The Morgan fingerprint density at radius 2 is 1.78 bits per heavy atom. The molecule has 1 atom stereocenters. The zero-order valence-electron chi connectivity index (χ0n) is 25.8. The highest BCUT2D eigenvalue weighted by Crippen LogP contribution is 2.46. The first-order chi connectivity index (χ1) is 22.1. The molecule has 4 aromatic rings. The molecule has 240 valence electrons. The van der Waals surface area contributed by atoms with Crippen molar-refractivity contribution in [3.8, 4) is 11.5 Å². The summed E-state index contributed by atoms with van der Waals surface area (Å²) in [5.74, 6) is 0.0660. The molecule has 1 aliphatic heterocycles. The number of thioether (sulfide) groups is 1. The Kier molecular flexibility index (Phi) is 10.9. The van der Waals surface area contributed by atoms with Gasteiger partial charge in [-0.15, -0.1) is 10.2 Å². The lowest BCUT2D eigenvalue weighted by Crippen LogP contribution is -2.29. The summed E-state index contributed by atoms with van der Waals surface area (Å²) < 4.78 is 12.5. The molecule has 1 saturated heterocycles. The molecular formula is C34H33Cl2N3O5S2. The molecule has 1 N–H and O–H groups in total. The predicted molar refractivity (Wildman–Crippen MR) is 184 cm³/mol. The average Bonchev–Trinajstić information content (AvgIpc) is 3.59. The van der Waals surface area contributed by atoms with Crippen molar-refractivity contribution in [2.75, 3.05) is 18.1 Å². The Labute approximate surface area is 286 Å². The van der Waals surface area contributed by atoms with Crippen molar-refractivity contribution in [1.29, 1.82) is 0 Å². The minimum Gasteiger partial charge on any atom is -0.507 e. The van der Waals surface area contributed by atoms with E-state index in [1.807, 2.05) is 32.0 Å². The van der Waals surface area contributed by atoms with Crippen LogP contribution in [-0.4, -0.2) is 40.2 Å². The third kappa shape index (κ3) is 7.52. The Bertz CT molecular complexity index is 1770. The van der Waals surface area contributed by atoms with Gasteiger partial charge in [0.2, 0.25) is 5.13 Å². The van der Waals surface area contributed by atoms with Gasteiger partial charge in [-0.05, 0) is 61.6 Å². The number of aliphatic hydroxyl groups is 1. The first kappa shape index (κ1) is 33.8. The van der Waals surface area contributed by atoms with Crippen LogP contribution in [0.4, 0.5) is 5.13 Å². The summed E-state index contributed by atoms with van der Waals surface area (Å²) in [6.45, 7) is 8.92. The molecule has 46 heavy (non-hydrogen) atoms. The van der Waals surface area contributed by atoms with Crippen molar-refractivity contribution in [2.45, 2.75) is 50.3 Å². The molecule has 5 rings (SSSR count). The normalized spacial score (nSPS) is 16.0. The molecule has 1 fully saturated rings. The number of nitrogens with zero attached hydrogens (tertiary/aromatic N) is 3. The average molecular weight is 699 g/mol. The van der Waals surface area contributed by atoms with Gasteiger partial charge in [-0.2, -0.15) is 0 Å². The number of aliphatic hydroxyl groups excluding tert-OH is 1. The van der Waals surface area contributed by atoms with Gasteiger partial charge in [0.05, 0.1) is 24.8 Å². The zero-order chi connectivity index (χ0) is 33.0. The lowest BCUT2D eigenvalue weighted by atomic mass is 9.95. The van der Waals surface area contributed by atoms with Crippen molar-refractivity contribution in [1.82, 2.24) is 10.2 Å². The van der Waals surface area contributed by atoms with Gasteiger partial charge in [0.1, 0.15) is 5.76 Å². The van der Waals surface area contributed by atoms with E-state index in [0.717, 1.165) is 17.5 Å². The number of Topliss-reactive ketones (excluding diaryl/α,β-unsaturated/α-hetero) is 1. The van der Waals surface area contributed by atoms with Crippen LogP contribution in [-0.2, 0) is 15.3 Å². The number of carbonyl (C=O) groups is 2. The van der Waals surface area contributed by atoms with Crippen LogP contribution in [0.3, 0.4) is 0 Å². The summed E-state index contributed by atoms with van der Waals surface area (Å²) in [5.41, 5.74) is 2.76. The summed E-state index contributed by atoms with van der Waals surface area (Å²) in [6, 6.07) is 16.7. The molecule has 1 amide bonds. The maximum atomic E-state index is 13.7. The van der Waals surface area contributed by atoms with E-state index in [1.54, 1.807) is 42.5 Å². The fraction of sp³-hybridized carbons (Fsp3) is 0.294. The smallest absolute Gasteiger partial charge is 0.301 e. The lowest BCUT2D eigenvalue weighted by molar-refractivity contribution is -0.132. The second-order valence-electron chi connectivity index (χ2n) is 11.1. The van der Waals surface area contributed by atoms with Crippen molar-refractivity contribution in [2.24, 2.45) is 5.92 Å². The first-order valence-corrected chi connectivity index (χ1v) is 17.3. The lowest BCUT2D eigenvalue weighted by Gasteiger charge is -2.24. The van der Waals surface area contributed by atoms with Gasteiger partial charge < -0.3 is 14.6 Å². The summed E-state index contributed by atoms with van der Waals surface area (Å²) in [4.78, 5) is 28.7. The Hall–Kier alpha value is -3.57. The van der Waals surface area contributed by atoms with E-state index in [9.17, 15) is 14.7 Å². The van der Waals surface area contributed by atoms with E-state index < -0.39 is 17.7 Å². The monoisotopic (exact) mass is 697 g/mol. The number of ether oxygens (including phenoxy) is 2. The van der Waals surface area contributed by atoms with Crippen LogP contribution in [0.2, 0.25) is 10.0 Å². The number of ketones is 1. The summed E-state index contributed by atoms with van der Waals surface area (Å²) in [5, 5.41) is 21.4. The fourth-order valence-corrected chi connectivity index (χ4v) is 7.26. The number of hydrogen-bond acceptors (Lipinski definition) is 9. The molecular weight excluding hydrogens is 665 g/mol. The maximum absolute atomic E-state index is 13.7. The van der Waals surface area contributed by atoms with Crippen LogP contribution in [0.5, 0.6) is 11.5 Å². The largest absolute Gasteiger partial charge is 0.507 e. The number of aryl methyl sites for hydroxylation is 1. The van der Waals surface area contributed by atoms with E-state index >= 15 is 0 Å². The van der Waals surface area contributed by atoms with Gasteiger partial charge in [0.15, 0.2) is 15.8 Å². The molecule has 8 nitrogen and oxygen atoms in total. The van der Waals surface area contributed by atoms with Crippen LogP contribution in [0, 0.1) is 12.8 Å². The third-order valence-electron chi connectivity index (χ3n) is 7.27. The van der Waals surface area contributed by atoms with E-state index in [-0.39, 0.29) is 16.5 Å². The number of hydrogen-bond donors (Lipinski definition) is 1. The molecule has 3 aromatic carbocycles. The highest BCUT2D eigenvalue weighted by molar-refractivity contribution is 8.00. The number of benzene rings is 3. The number of carbonyl (C=O) groups excluding carboxylic acids is 2. The standard InChI is InChI=1S/C34H33Cl2N3O5S2/c1-5-43-27-16-22(11-13-26(27)44-15-14-19(2)3)29-28(30(40)21-8-6-20(4)7-9-21)31(41)32(42)39(29)33-37-38-34(46-33)45-18-23-10-12-24(35)17-25(23)36/h6-13,16-17,19,29,40H,5,14-15,18H2,1-4H3/b30-28+. The van der Waals surface area contributed by atoms with Crippen molar-refractivity contribution in [3.63, 3.8) is 0 Å². The topological polar surface area (TPSA) is 102 Å². The van der Waals surface area contributed by atoms with Crippen molar-refractivity contribution < 1.29 is 24.2 Å². The molecule has 1 aromatic heterocycles. The number of halogens is 2. The Morgan fingerprint density at radius 1 is 1.02 bits per heavy atom. The number of anilines is 1. The van der Waals surface area contributed by atoms with Gasteiger partial charge in [-0.3, -0.25) is 14.5 Å². The quantitative estimate of drug-likeness (QED) is 0.0515. The van der Waals surface area contributed by atoms with Crippen LogP contribution in [0.25, 0.3) is 5.76 Å². The van der Waals surface area contributed by atoms with Crippen LogP contribution < -0.4 is 14.4 Å². The number of amides is 1. The van der Waals surface area contributed by atoms with Gasteiger partial charge in [0, 0.05) is 21.4 Å². The van der Waals surface area contributed by atoms with E-state index in [2.05, 4.69) is 24.0 Å². The molecule has 0 radical (unpaired) electrons. The maximum Gasteiger partial charge on any atom is 0.301 e. The van der Waals surface area contributed by atoms with Crippen LogP contribution in [0.15, 0.2) is 70.6 Å². The van der Waals surface area contributed by atoms with Gasteiger partial charge >= 0.3 is 5.91 Å². The Morgan fingerprint density at radius 3 is 2.48 bits per heavy atom. The highest BCUT2D eigenvalue weighted by Gasteiger charge is 2.48. The van der Waals surface area contributed by atoms with E-state index in [0.29, 0.717) is 61.9 Å². The second kappa shape index (κ2) is 14.9. The third-order valence-corrected chi connectivity index (χ3v) is 9.97. The summed E-state index contributed by atoms with van der Waals surface area (Å²) in [7, 11) is 0. The number of aromatic nitrogens is 2. The van der Waals surface area contributed by atoms with Crippen molar-refractivity contribution in [3.05, 3.63) is 98.5 Å². The fourth-order valence-electron chi connectivity index (χ4n) is 4.84.